The van der Waals surface area contributed by atoms with Crippen LogP contribution in [0.2, 0.25) is 0 Å². The van der Waals surface area contributed by atoms with Crippen LogP contribution in [-0.4, -0.2) is 4.98 Å². The highest BCUT2D eigenvalue weighted by atomic mass is 32.1. The molecule has 1 atom stereocenters. The van der Waals surface area contributed by atoms with Crippen LogP contribution in [0.5, 0.6) is 0 Å². The second kappa shape index (κ2) is 3.12. The van der Waals surface area contributed by atoms with Gasteiger partial charge in [-0.25, -0.2) is 0 Å². The molecule has 0 bridgehead atoms. The molecular formula is C7H12N2S. The lowest BCUT2D eigenvalue weighted by Gasteiger charge is -2.11. The highest BCUT2D eigenvalue weighted by molar-refractivity contribution is 7.09. The lowest BCUT2D eigenvalue weighted by molar-refractivity contribution is 0.521. The van der Waals surface area contributed by atoms with Gasteiger partial charge in [-0.3, -0.25) is 4.98 Å². The number of hydrogen-bond donors (Lipinski definition) is 1. The predicted molar refractivity (Wildman–Crippen MR) is 43.9 cm³/mol. The summed E-state index contributed by atoms with van der Waals surface area (Å²) in [5.41, 5.74) is 7.67. The first kappa shape index (κ1) is 7.69. The summed E-state index contributed by atoms with van der Waals surface area (Å²) in [6.45, 7) is 4.23. The van der Waals surface area contributed by atoms with Gasteiger partial charge in [0, 0.05) is 17.1 Å². The third-order valence-corrected chi connectivity index (χ3v) is 2.38. The summed E-state index contributed by atoms with van der Waals surface area (Å²) in [6.07, 6.45) is 1.84. The Kier molecular flexibility index (Phi) is 2.40. The number of aromatic nitrogens is 1. The van der Waals surface area contributed by atoms with Gasteiger partial charge in [-0.05, 0) is 5.92 Å². The van der Waals surface area contributed by atoms with Gasteiger partial charge in [0.15, 0.2) is 0 Å². The van der Waals surface area contributed by atoms with Crippen molar-refractivity contribution in [1.82, 2.24) is 4.98 Å². The third kappa shape index (κ3) is 1.55. The Morgan fingerprint density at radius 3 is 2.70 bits per heavy atom. The van der Waals surface area contributed by atoms with Crippen LogP contribution in [-0.2, 0) is 0 Å². The number of thiazole rings is 1. The number of rotatable bonds is 2. The van der Waals surface area contributed by atoms with Gasteiger partial charge in [0.05, 0.1) is 5.51 Å². The minimum atomic E-state index is 0.160. The van der Waals surface area contributed by atoms with Gasteiger partial charge in [0.1, 0.15) is 0 Å². The fourth-order valence-corrected chi connectivity index (χ4v) is 1.51. The van der Waals surface area contributed by atoms with E-state index in [1.165, 1.54) is 4.88 Å². The Balaban J connectivity index is 2.68. The molecule has 0 radical (unpaired) electrons. The third-order valence-electron chi connectivity index (χ3n) is 1.50. The lowest BCUT2D eigenvalue weighted by Crippen LogP contribution is -2.14. The molecule has 1 rings (SSSR count). The largest absolute Gasteiger partial charge is 0.323 e. The molecule has 3 heteroatoms. The summed E-state index contributed by atoms with van der Waals surface area (Å²) in [5.74, 6) is 0.500. The summed E-state index contributed by atoms with van der Waals surface area (Å²) in [5, 5.41) is 0. The first-order valence-corrected chi connectivity index (χ1v) is 4.23. The highest BCUT2D eigenvalue weighted by Crippen LogP contribution is 2.21. The minimum Gasteiger partial charge on any atom is -0.323 e. The quantitative estimate of drug-likeness (QED) is 0.709. The summed E-state index contributed by atoms with van der Waals surface area (Å²) < 4.78 is 0. The molecule has 0 aromatic carbocycles. The van der Waals surface area contributed by atoms with E-state index in [0.29, 0.717) is 5.92 Å². The SMILES string of the molecule is CC(C)C(N)c1cncs1. The van der Waals surface area contributed by atoms with Crippen molar-refractivity contribution in [3.05, 3.63) is 16.6 Å². The van der Waals surface area contributed by atoms with Crippen molar-refractivity contribution >= 4 is 11.3 Å². The fraction of sp³-hybridized carbons (Fsp3) is 0.571. The fourth-order valence-electron chi connectivity index (χ4n) is 0.719. The van der Waals surface area contributed by atoms with Gasteiger partial charge in [0.25, 0.3) is 0 Å². The van der Waals surface area contributed by atoms with Crippen molar-refractivity contribution in [2.75, 3.05) is 0 Å². The summed E-state index contributed by atoms with van der Waals surface area (Å²) in [4.78, 5) is 5.14. The summed E-state index contributed by atoms with van der Waals surface area (Å²) in [6, 6.07) is 0.160. The van der Waals surface area contributed by atoms with E-state index in [9.17, 15) is 0 Å². The molecular weight excluding hydrogens is 144 g/mol. The van der Waals surface area contributed by atoms with E-state index in [-0.39, 0.29) is 6.04 Å². The van der Waals surface area contributed by atoms with Crippen LogP contribution in [0.3, 0.4) is 0 Å². The van der Waals surface area contributed by atoms with Crippen LogP contribution >= 0.6 is 11.3 Å². The molecule has 2 nitrogen and oxygen atoms in total. The second-order valence-corrected chi connectivity index (χ2v) is 3.59. The van der Waals surface area contributed by atoms with Crippen molar-refractivity contribution in [2.24, 2.45) is 11.7 Å². The minimum absolute atomic E-state index is 0.160. The van der Waals surface area contributed by atoms with Gasteiger partial charge >= 0.3 is 0 Å². The number of nitrogens with zero attached hydrogens (tertiary/aromatic N) is 1. The smallest absolute Gasteiger partial charge is 0.0794 e. The molecule has 0 fully saturated rings. The summed E-state index contributed by atoms with van der Waals surface area (Å²) >= 11 is 1.62. The Morgan fingerprint density at radius 1 is 1.60 bits per heavy atom. The molecule has 0 aliphatic rings. The zero-order valence-electron chi connectivity index (χ0n) is 6.24. The second-order valence-electron chi connectivity index (χ2n) is 2.67. The predicted octanol–water partition coefficient (Wildman–Crippen LogP) is 1.80. The molecule has 0 spiro atoms. The standard InChI is InChI=1S/C7H12N2S/c1-5(2)7(8)6-3-9-4-10-6/h3-5,7H,8H2,1-2H3. The average molecular weight is 156 g/mol. The number of nitrogens with two attached hydrogens (primary N) is 1. The maximum atomic E-state index is 5.85. The van der Waals surface area contributed by atoms with Gasteiger partial charge in [-0.15, -0.1) is 11.3 Å². The molecule has 10 heavy (non-hydrogen) atoms. The molecule has 0 aliphatic carbocycles. The van der Waals surface area contributed by atoms with Crippen LogP contribution in [0.25, 0.3) is 0 Å². The molecule has 0 amide bonds. The lowest BCUT2D eigenvalue weighted by atomic mass is 10.1. The topological polar surface area (TPSA) is 38.9 Å². The maximum Gasteiger partial charge on any atom is 0.0794 e. The van der Waals surface area contributed by atoms with Gasteiger partial charge in [-0.2, -0.15) is 0 Å². The van der Waals surface area contributed by atoms with E-state index < -0.39 is 0 Å². The van der Waals surface area contributed by atoms with Gasteiger partial charge in [-0.1, -0.05) is 13.8 Å². The molecule has 0 saturated carbocycles. The van der Waals surface area contributed by atoms with Crippen molar-refractivity contribution in [2.45, 2.75) is 19.9 Å². The van der Waals surface area contributed by atoms with E-state index in [0.717, 1.165) is 0 Å². The first-order valence-electron chi connectivity index (χ1n) is 3.35. The van der Waals surface area contributed by atoms with Crippen molar-refractivity contribution < 1.29 is 0 Å². The van der Waals surface area contributed by atoms with Crippen LogP contribution in [0, 0.1) is 5.92 Å². The average Bonchev–Trinajstić information content (AvgIpc) is 2.36. The summed E-state index contributed by atoms with van der Waals surface area (Å²) in [7, 11) is 0. The van der Waals surface area contributed by atoms with Gasteiger partial charge < -0.3 is 5.73 Å². The molecule has 0 saturated heterocycles. The van der Waals surface area contributed by atoms with Crippen molar-refractivity contribution in [3.8, 4) is 0 Å². The molecule has 1 aromatic rings. The van der Waals surface area contributed by atoms with Crippen LogP contribution in [0.1, 0.15) is 24.8 Å². The molecule has 56 valence electrons. The Bertz CT molecular complexity index is 181. The highest BCUT2D eigenvalue weighted by Gasteiger charge is 2.10. The molecule has 0 aliphatic heterocycles. The van der Waals surface area contributed by atoms with Crippen LogP contribution in [0.4, 0.5) is 0 Å². The van der Waals surface area contributed by atoms with E-state index in [1.54, 1.807) is 11.3 Å². The number of hydrogen-bond acceptors (Lipinski definition) is 3. The molecule has 1 unspecified atom stereocenters. The first-order chi connectivity index (χ1) is 4.72. The van der Waals surface area contributed by atoms with Crippen LogP contribution in [0.15, 0.2) is 11.7 Å². The zero-order chi connectivity index (χ0) is 7.56. The maximum absolute atomic E-state index is 5.85. The Hall–Kier alpha value is -0.410. The van der Waals surface area contributed by atoms with E-state index in [4.69, 9.17) is 5.73 Å². The van der Waals surface area contributed by atoms with Crippen LogP contribution < -0.4 is 5.73 Å². The molecule has 1 aromatic heterocycles. The van der Waals surface area contributed by atoms with Crippen molar-refractivity contribution in [1.29, 1.82) is 0 Å². The normalized spacial score (nSPS) is 14.0. The van der Waals surface area contributed by atoms with Gasteiger partial charge in [0.2, 0.25) is 0 Å². The van der Waals surface area contributed by atoms with E-state index in [2.05, 4.69) is 18.8 Å². The van der Waals surface area contributed by atoms with E-state index >= 15 is 0 Å². The Labute approximate surface area is 65.1 Å². The molecule has 1 heterocycles. The van der Waals surface area contributed by atoms with Crippen molar-refractivity contribution in [3.63, 3.8) is 0 Å². The molecule has 2 N–H and O–H groups in total. The zero-order valence-corrected chi connectivity index (χ0v) is 7.06. The van der Waals surface area contributed by atoms with E-state index in [1.807, 2.05) is 11.7 Å². The monoisotopic (exact) mass is 156 g/mol. The Morgan fingerprint density at radius 2 is 2.30 bits per heavy atom.